The number of hydrogen-bond acceptors (Lipinski definition) is 5. The van der Waals surface area contributed by atoms with Crippen LogP contribution in [0.15, 0.2) is 12.1 Å². The molecule has 0 aliphatic carbocycles. The molecule has 6 nitrogen and oxygen atoms in total. The van der Waals surface area contributed by atoms with Crippen molar-refractivity contribution in [2.45, 2.75) is 51.7 Å². The summed E-state index contributed by atoms with van der Waals surface area (Å²) in [5.41, 5.74) is 0. The smallest absolute Gasteiger partial charge is 0.317 e. The molecule has 3 heterocycles. The molecule has 1 aromatic heterocycles. The summed E-state index contributed by atoms with van der Waals surface area (Å²) >= 11 is 1.83. The van der Waals surface area contributed by atoms with Crippen LogP contribution in [0.4, 0.5) is 4.79 Å². The van der Waals surface area contributed by atoms with E-state index in [1.807, 2.05) is 16.2 Å². The highest BCUT2D eigenvalue weighted by Crippen LogP contribution is 2.28. The van der Waals surface area contributed by atoms with Crippen molar-refractivity contribution in [3.8, 4) is 0 Å². The third kappa shape index (κ3) is 5.91. The highest BCUT2D eigenvalue weighted by Gasteiger charge is 2.27. The minimum atomic E-state index is 0.0736. The summed E-state index contributed by atoms with van der Waals surface area (Å²) < 4.78 is 5.51. The fourth-order valence-corrected chi connectivity index (χ4v) is 4.96. The monoisotopic (exact) mass is 394 g/mol. The zero-order valence-electron chi connectivity index (χ0n) is 16.9. The molecule has 0 radical (unpaired) electrons. The van der Waals surface area contributed by atoms with Crippen molar-refractivity contribution in [1.29, 1.82) is 0 Å². The highest BCUT2D eigenvalue weighted by atomic mass is 32.1. The lowest BCUT2D eigenvalue weighted by molar-refractivity contribution is 0.0171. The van der Waals surface area contributed by atoms with E-state index in [0.717, 1.165) is 52.2 Å². The number of aryl methyl sites for hydroxylation is 1. The fraction of sp³-hybridized carbons (Fsp3) is 0.750. The van der Waals surface area contributed by atoms with Gasteiger partial charge in [-0.25, -0.2) is 4.79 Å². The van der Waals surface area contributed by atoms with Crippen LogP contribution < -0.4 is 10.6 Å². The summed E-state index contributed by atoms with van der Waals surface area (Å²) in [7, 11) is 0. The molecule has 27 heavy (non-hydrogen) atoms. The van der Waals surface area contributed by atoms with Crippen molar-refractivity contribution in [3.63, 3.8) is 0 Å². The number of ether oxygens (including phenoxy) is 1. The molecular weight excluding hydrogens is 360 g/mol. The van der Waals surface area contributed by atoms with Gasteiger partial charge in [0.05, 0.1) is 19.3 Å². The van der Waals surface area contributed by atoms with Crippen LogP contribution in [0, 0.1) is 6.92 Å². The number of hydrogen-bond donors (Lipinski definition) is 2. The fourth-order valence-electron chi connectivity index (χ4n) is 3.95. The molecule has 7 heteroatoms. The summed E-state index contributed by atoms with van der Waals surface area (Å²) in [6, 6.07) is 5.71. The predicted molar refractivity (Wildman–Crippen MR) is 110 cm³/mol. The molecular formula is C20H34N4O2S. The molecule has 152 valence electrons. The molecule has 2 saturated heterocycles. The Hall–Kier alpha value is -1.15. The third-order valence-corrected chi connectivity index (χ3v) is 6.48. The maximum absolute atomic E-state index is 12.7. The highest BCUT2D eigenvalue weighted by molar-refractivity contribution is 7.12. The van der Waals surface area contributed by atoms with Gasteiger partial charge in [0, 0.05) is 54.6 Å². The van der Waals surface area contributed by atoms with Gasteiger partial charge in [-0.1, -0.05) is 13.8 Å². The molecule has 2 aliphatic rings. The van der Waals surface area contributed by atoms with E-state index in [0.29, 0.717) is 18.6 Å². The lowest BCUT2D eigenvalue weighted by Gasteiger charge is -2.36. The molecule has 0 saturated carbocycles. The van der Waals surface area contributed by atoms with Crippen molar-refractivity contribution in [1.82, 2.24) is 20.4 Å². The Labute approximate surface area is 167 Å². The third-order valence-electron chi connectivity index (χ3n) is 5.37. The van der Waals surface area contributed by atoms with Crippen molar-refractivity contribution in [2.24, 2.45) is 0 Å². The van der Waals surface area contributed by atoms with Gasteiger partial charge in [0.15, 0.2) is 0 Å². The molecule has 0 spiro atoms. The van der Waals surface area contributed by atoms with E-state index in [1.165, 1.54) is 9.75 Å². The van der Waals surface area contributed by atoms with Crippen LogP contribution in [0.1, 0.15) is 42.5 Å². The van der Waals surface area contributed by atoms with Crippen molar-refractivity contribution < 1.29 is 9.53 Å². The van der Waals surface area contributed by atoms with Crippen LogP contribution in [0.5, 0.6) is 0 Å². The second-order valence-electron chi connectivity index (χ2n) is 7.88. The Kier molecular flexibility index (Phi) is 7.52. The van der Waals surface area contributed by atoms with Crippen LogP contribution in [0.25, 0.3) is 0 Å². The second kappa shape index (κ2) is 9.87. The maximum atomic E-state index is 12.7. The lowest BCUT2D eigenvalue weighted by Crippen LogP contribution is -2.51. The number of carbonyl (C=O) groups excluding carboxylic acids is 1. The van der Waals surface area contributed by atoms with Crippen molar-refractivity contribution >= 4 is 17.4 Å². The largest absolute Gasteiger partial charge is 0.379 e. The maximum Gasteiger partial charge on any atom is 0.317 e. The van der Waals surface area contributed by atoms with E-state index >= 15 is 0 Å². The quantitative estimate of drug-likeness (QED) is 0.779. The van der Waals surface area contributed by atoms with Crippen LogP contribution in [-0.2, 0) is 4.74 Å². The Morgan fingerprint density at radius 1 is 1.22 bits per heavy atom. The molecule has 1 atom stereocenters. The molecule has 0 aromatic carbocycles. The predicted octanol–water partition coefficient (Wildman–Crippen LogP) is 2.60. The van der Waals surface area contributed by atoms with Crippen LogP contribution >= 0.6 is 11.3 Å². The van der Waals surface area contributed by atoms with E-state index in [1.54, 1.807) is 0 Å². The lowest BCUT2D eigenvalue weighted by atomic mass is 10.0. The van der Waals surface area contributed by atoms with Gasteiger partial charge in [0.25, 0.3) is 0 Å². The van der Waals surface area contributed by atoms with Gasteiger partial charge in [0.1, 0.15) is 0 Å². The summed E-state index contributed by atoms with van der Waals surface area (Å²) in [5.74, 6) is 0. The first-order valence-corrected chi connectivity index (χ1v) is 11.0. The number of nitrogens with zero attached hydrogens (tertiary/aromatic N) is 2. The van der Waals surface area contributed by atoms with Crippen molar-refractivity contribution in [2.75, 3.05) is 45.9 Å². The number of nitrogens with one attached hydrogen (secondary N) is 2. The molecule has 2 amide bonds. The molecule has 2 N–H and O–H groups in total. The number of piperidine rings is 1. The standard InChI is InChI=1S/C20H34N4O2S/c1-15(2)22-17-6-8-24(9-7-17)20(25)21-14-18(19-5-4-16(3)27-19)23-10-12-26-13-11-23/h4-5,15,17-18,22H,6-14H2,1-3H3,(H,21,25). The molecule has 1 unspecified atom stereocenters. The molecule has 0 bridgehead atoms. The Bertz CT molecular complexity index is 593. The van der Waals surface area contributed by atoms with Crippen LogP contribution in [-0.4, -0.2) is 73.9 Å². The average Bonchev–Trinajstić information content (AvgIpc) is 3.09. The van der Waals surface area contributed by atoms with E-state index in [9.17, 15) is 4.79 Å². The Morgan fingerprint density at radius 3 is 2.52 bits per heavy atom. The topological polar surface area (TPSA) is 56.8 Å². The number of amides is 2. The van der Waals surface area contributed by atoms with Gasteiger partial charge in [-0.15, -0.1) is 11.3 Å². The number of likely N-dealkylation sites (tertiary alicyclic amines) is 1. The number of morpholine rings is 1. The molecule has 3 rings (SSSR count). The van der Waals surface area contributed by atoms with Gasteiger partial charge in [-0.2, -0.15) is 0 Å². The SMILES string of the molecule is Cc1ccc(C(CNC(=O)N2CCC(NC(C)C)CC2)N2CCOCC2)s1. The first-order valence-electron chi connectivity index (χ1n) is 10.2. The number of carbonyl (C=O) groups is 1. The minimum Gasteiger partial charge on any atom is -0.379 e. The summed E-state index contributed by atoms with van der Waals surface area (Å²) in [6.45, 7) is 12.2. The Balaban J connectivity index is 1.53. The molecule has 2 aliphatic heterocycles. The minimum absolute atomic E-state index is 0.0736. The Morgan fingerprint density at radius 2 is 1.93 bits per heavy atom. The number of thiophene rings is 1. The first kappa shape index (κ1) is 20.6. The summed E-state index contributed by atoms with van der Waals surface area (Å²) in [6.07, 6.45) is 2.06. The number of urea groups is 1. The average molecular weight is 395 g/mol. The van der Waals surface area contributed by atoms with E-state index < -0.39 is 0 Å². The summed E-state index contributed by atoms with van der Waals surface area (Å²) in [4.78, 5) is 19.8. The normalized spacial score (nSPS) is 20.8. The summed E-state index contributed by atoms with van der Waals surface area (Å²) in [5, 5.41) is 6.79. The van der Waals surface area contributed by atoms with E-state index in [2.05, 4.69) is 48.4 Å². The van der Waals surface area contributed by atoms with Crippen LogP contribution in [0.2, 0.25) is 0 Å². The zero-order chi connectivity index (χ0) is 19.2. The second-order valence-corrected chi connectivity index (χ2v) is 9.20. The van der Waals surface area contributed by atoms with Crippen LogP contribution in [0.3, 0.4) is 0 Å². The number of rotatable bonds is 6. The van der Waals surface area contributed by atoms with E-state index in [-0.39, 0.29) is 12.1 Å². The molecule has 1 aromatic rings. The van der Waals surface area contributed by atoms with Crippen molar-refractivity contribution in [3.05, 3.63) is 21.9 Å². The zero-order valence-corrected chi connectivity index (χ0v) is 17.7. The van der Waals surface area contributed by atoms with Gasteiger partial charge in [-0.05, 0) is 31.9 Å². The molecule has 2 fully saturated rings. The van der Waals surface area contributed by atoms with Gasteiger partial charge in [-0.3, -0.25) is 4.90 Å². The van der Waals surface area contributed by atoms with Gasteiger partial charge in [0.2, 0.25) is 0 Å². The van der Waals surface area contributed by atoms with Gasteiger partial charge >= 0.3 is 6.03 Å². The first-order chi connectivity index (χ1) is 13.0. The van der Waals surface area contributed by atoms with E-state index in [4.69, 9.17) is 4.74 Å². The van der Waals surface area contributed by atoms with Gasteiger partial charge < -0.3 is 20.3 Å².